The van der Waals surface area contributed by atoms with Crippen molar-refractivity contribution in [1.82, 2.24) is 5.32 Å². The van der Waals surface area contributed by atoms with Crippen LogP contribution >= 0.6 is 15.9 Å². The van der Waals surface area contributed by atoms with Gasteiger partial charge in [-0.2, -0.15) is 0 Å². The summed E-state index contributed by atoms with van der Waals surface area (Å²) in [5, 5.41) is 11.7. The fourth-order valence-electron chi connectivity index (χ4n) is 2.46. The van der Waals surface area contributed by atoms with E-state index in [1.807, 2.05) is 0 Å². The molecule has 0 saturated carbocycles. The Morgan fingerprint density at radius 1 is 1.39 bits per heavy atom. The molecule has 0 unspecified atom stereocenters. The first-order chi connectivity index (χ1) is 10.9. The van der Waals surface area contributed by atoms with Gasteiger partial charge in [0.05, 0.1) is 12.0 Å². The van der Waals surface area contributed by atoms with Crippen molar-refractivity contribution in [3.63, 3.8) is 0 Å². The Morgan fingerprint density at radius 3 is 2.70 bits per heavy atom. The SMILES string of the molecule is O=C(O)CC1(NC(=O)COc2ccc(Br)cc2F)CCOCC1. The van der Waals surface area contributed by atoms with Crippen LogP contribution in [0, 0.1) is 5.82 Å². The largest absolute Gasteiger partial charge is 0.481 e. The molecule has 23 heavy (non-hydrogen) atoms. The molecule has 1 aliphatic rings. The number of amides is 1. The summed E-state index contributed by atoms with van der Waals surface area (Å²) in [5.41, 5.74) is -0.844. The fourth-order valence-corrected chi connectivity index (χ4v) is 2.80. The van der Waals surface area contributed by atoms with Gasteiger partial charge in [-0.3, -0.25) is 9.59 Å². The van der Waals surface area contributed by atoms with Crippen LogP contribution in [0.4, 0.5) is 4.39 Å². The molecule has 8 heteroatoms. The second-order valence-electron chi connectivity index (χ2n) is 5.37. The van der Waals surface area contributed by atoms with E-state index in [0.29, 0.717) is 30.5 Å². The lowest BCUT2D eigenvalue weighted by atomic mass is 9.86. The first kappa shape index (κ1) is 17.7. The van der Waals surface area contributed by atoms with Crippen LogP contribution in [0.3, 0.4) is 0 Å². The zero-order valence-electron chi connectivity index (χ0n) is 12.3. The quantitative estimate of drug-likeness (QED) is 0.778. The van der Waals surface area contributed by atoms with Crippen LogP contribution in [0.15, 0.2) is 22.7 Å². The monoisotopic (exact) mass is 389 g/mol. The van der Waals surface area contributed by atoms with Crippen LogP contribution in [0.25, 0.3) is 0 Å². The molecule has 1 aromatic carbocycles. The van der Waals surface area contributed by atoms with Crippen LogP contribution in [0.1, 0.15) is 19.3 Å². The summed E-state index contributed by atoms with van der Waals surface area (Å²) < 4.78 is 24.6. The predicted molar refractivity (Wildman–Crippen MR) is 82.8 cm³/mol. The lowest BCUT2D eigenvalue weighted by molar-refractivity contribution is -0.140. The average Bonchev–Trinajstić information content (AvgIpc) is 2.46. The Bertz CT molecular complexity index is 589. The van der Waals surface area contributed by atoms with Gasteiger partial charge in [0, 0.05) is 17.7 Å². The molecule has 0 bridgehead atoms. The molecule has 2 N–H and O–H groups in total. The summed E-state index contributed by atoms with van der Waals surface area (Å²) in [5.74, 6) is -2.11. The van der Waals surface area contributed by atoms with E-state index in [2.05, 4.69) is 21.2 Å². The van der Waals surface area contributed by atoms with E-state index >= 15 is 0 Å². The number of halogens is 2. The summed E-state index contributed by atoms with van der Waals surface area (Å²) in [4.78, 5) is 23.1. The molecule has 0 radical (unpaired) electrons. The molecule has 1 heterocycles. The number of hydrogen-bond donors (Lipinski definition) is 2. The molecule has 2 rings (SSSR count). The van der Waals surface area contributed by atoms with E-state index in [4.69, 9.17) is 14.6 Å². The molecule has 1 aromatic rings. The molecular formula is C15H17BrFNO5. The van der Waals surface area contributed by atoms with Gasteiger partial charge in [0.2, 0.25) is 0 Å². The Balaban J connectivity index is 1.95. The number of carbonyl (C=O) groups is 2. The summed E-state index contributed by atoms with van der Waals surface area (Å²) in [6, 6.07) is 4.24. The van der Waals surface area contributed by atoms with Gasteiger partial charge in [-0.1, -0.05) is 15.9 Å². The normalized spacial score (nSPS) is 16.6. The molecule has 0 spiro atoms. The van der Waals surface area contributed by atoms with E-state index in [0.717, 1.165) is 0 Å². The van der Waals surface area contributed by atoms with E-state index in [9.17, 15) is 14.0 Å². The first-order valence-electron chi connectivity index (χ1n) is 7.09. The van der Waals surface area contributed by atoms with E-state index in [-0.39, 0.29) is 18.8 Å². The number of nitrogens with one attached hydrogen (secondary N) is 1. The maximum absolute atomic E-state index is 13.6. The van der Waals surface area contributed by atoms with E-state index < -0.39 is 23.2 Å². The number of rotatable bonds is 6. The van der Waals surface area contributed by atoms with Crippen LogP contribution in [0.5, 0.6) is 5.75 Å². The van der Waals surface area contributed by atoms with Gasteiger partial charge < -0.3 is 19.9 Å². The van der Waals surface area contributed by atoms with Gasteiger partial charge in [-0.05, 0) is 31.0 Å². The number of carbonyl (C=O) groups excluding carboxylic acids is 1. The van der Waals surface area contributed by atoms with Crippen molar-refractivity contribution >= 4 is 27.8 Å². The van der Waals surface area contributed by atoms with Crippen molar-refractivity contribution in [3.05, 3.63) is 28.5 Å². The molecule has 1 aliphatic heterocycles. The van der Waals surface area contributed by atoms with Gasteiger partial charge in [-0.15, -0.1) is 0 Å². The lowest BCUT2D eigenvalue weighted by Gasteiger charge is -2.36. The molecule has 0 aliphatic carbocycles. The van der Waals surface area contributed by atoms with Gasteiger partial charge in [-0.25, -0.2) is 4.39 Å². The smallest absolute Gasteiger partial charge is 0.305 e. The standard InChI is InChI=1S/C15H17BrFNO5/c16-10-1-2-12(11(17)7-10)23-9-13(19)18-15(8-14(20)21)3-5-22-6-4-15/h1-2,7H,3-6,8-9H2,(H,18,19)(H,20,21). The molecule has 6 nitrogen and oxygen atoms in total. The zero-order valence-corrected chi connectivity index (χ0v) is 13.9. The van der Waals surface area contributed by atoms with Gasteiger partial charge in [0.15, 0.2) is 18.2 Å². The number of ether oxygens (including phenoxy) is 2. The van der Waals surface area contributed by atoms with Gasteiger partial charge >= 0.3 is 5.97 Å². The molecular weight excluding hydrogens is 373 g/mol. The molecule has 1 fully saturated rings. The summed E-state index contributed by atoms with van der Waals surface area (Å²) in [7, 11) is 0. The van der Waals surface area contributed by atoms with E-state index in [1.165, 1.54) is 12.1 Å². The maximum Gasteiger partial charge on any atom is 0.305 e. The van der Waals surface area contributed by atoms with Crippen LogP contribution < -0.4 is 10.1 Å². The third-order valence-corrected chi connectivity index (χ3v) is 4.09. The fraction of sp³-hybridized carbons (Fsp3) is 0.467. The number of aliphatic carboxylic acids is 1. The average molecular weight is 390 g/mol. The highest BCUT2D eigenvalue weighted by atomic mass is 79.9. The Morgan fingerprint density at radius 2 is 2.09 bits per heavy atom. The second kappa shape index (κ2) is 7.74. The predicted octanol–water partition coefficient (Wildman–Crippen LogP) is 2.11. The number of carboxylic acids is 1. The second-order valence-corrected chi connectivity index (χ2v) is 6.29. The summed E-state index contributed by atoms with van der Waals surface area (Å²) in [6.45, 7) is 0.381. The van der Waals surface area contributed by atoms with Crippen LogP contribution in [-0.4, -0.2) is 42.3 Å². The van der Waals surface area contributed by atoms with Gasteiger partial charge in [0.1, 0.15) is 0 Å². The first-order valence-corrected chi connectivity index (χ1v) is 7.88. The van der Waals surface area contributed by atoms with Crippen molar-refractivity contribution in [2.75, 3.05) is 19.8 Å². The third kappa shape index (κ3) is 5.18. The molecule has 0 atom stereocenters. The highest BCUT2D eigenvalue weighted by Gasteiger charge is 2.36. The molecule has 0 aromatic heterocycles. The Kier molecular flexibility index (Phi) is 5.95. The zero-order chi connectivity index (χ0) is 16.9. The Hall–Kier alpha value is -1.67. The minimum atomic E-state index is -0.993. The van der Waals surface area contributed by atoms with Crippen LogP contribution in [-0.2, 0) is 14.3 Å². The Labute approximate surface area is 141 Å². The van der Waals surface area contributed by atoms with Crippen LogP contribution in [0.2, 0.25) is 0 Å². The number of benzene rings is 1. The van der Waals surface area contributed by atoms with Crippen molar-refractivity contribution in [2.45, 2.75) is 24.8 Å². The number of carboxylic acid groups (broad SMARTS) is 1. The van der Waals surface area contributed by atoms with Gasteiger partial charge in [0.25, 0.3) is 5.91 Å². The maximum atomic E-state index is 13.6. The van der Waals surface area contributed by atoms with E-state index in [1.54, 1.807) is 6.07 Å². The van der Waals surface area contributed by atoms with Crippen molar-refractivity contribution in [3.8, 4) is 5.75 Å². The molecule has 1 saturated heterocycles. The lowest BCUT2D eigenvalue weighted by Crippen LogP contribution is -2.54. The molecule has 126 valence electrons. The highest BCUT2D eigenvalue weighted by molar-refractivity contribution is 9.10. The van der Waals surface area contributed by atoms with Crippen molar-refractivity contribution in [2.24, 2.45) is 0 Å². The third-order valence-electron chi connectivity index (χ3n) is 3.60. The summed E-state index contributed by atoms with van der Waals surface area (Å²) in [6.07, 6.45) is 0.643. The molecule has 1 amide bonds. The topological polar surface area (TPSA) is 84.9 Å². The summed E-state index contributed by atoms with van der Waals surface area (Å²) >= 11 is 3.13. The van der Waals surface area contributed by atoms with Crippen molar-refractivity contribution < 1.29 is 28.6 Å². The minimum Gasteiger partial charge on any atom is -0.481 e. The highest BCUT2D eigenvalue weighted by Crippen LogP contribution is 2.25. The number of hydrogen-bond acceptors (Lipinski definition) is 4. The minimum absolute atomic E-state index is 0.0392. The van der Waals surface area contributed by atoms with Crippen molar-refractivity contribution in [1.29, 1.82) is 0 Å².